The first-order valence-electron chi connectivity index (χ1n) is 10.3. The summed E-state index contributed by atoms with van der Waals surface area (Å²) in [5.74, 6) is 49.0. The summed E-state index contributed by atoms with van der Waals surface area (Å²) in [5, 5.41) is 9.83. The quantitative estimate of drug-likeness (QED) is 0.654. The zero-order valence-electron chi connectivity index (χ0n) is 19.8. The number of phenols is 1. The van der Waals surface area contributed by atoms with E-state index in [1.54, 1.807) is 6.07 Å². The van der Waals surface area contributed by atoms with Crippen LogP contribution in [0.5, 0.6) is 11.5 Å². The molecule has 0 atom stereocenters. The Bertz CT molecular complexity index is 1930. The molecule has 2 rings (SSSR count). The van der Waals surface area contributed by atoms with Crippen molar-refractivity contribution in [2.45, 2.75) is 6.61 Å². The van der Waals surface area contributed by atoms with Crippen LogP contribution in [0.4, 0.5) is 4.79 Å². The van der Waals surface area contributed by atoms with Gasteiger partial charge in [0.15, 0.2) is 0 Å². The molecule has 1 heterocycles. The number of imidazole rings is 1. The average Bonchev–Trinajstić information content (AvgIpc) is 3.48. The van der Waals surface area contributed by atoms with Gasteiger partial charge in [-0.1, -0.05) is 0 Å². The molecule has 0 spiro atoms. The Hall–Kier alpha value is -7.34. The minimum Gasteiger partial charge on any atom is -0.508 e. The molecule has 0 aliphatic heterocycles. The van der Waals surface area contributed by atoms with Crippen molar-refractivity contribution >= 4 is 6.09 Å². The third-order valence-electron chi connectivity index (χ3n) is 3.45. The maximum absolute atomic E-state index is 11.8. The molecule has 0 radical (unpaired) electrons. The Kier molecular flexibility index (Phi) is 12.9. The highest BCUT2D eigenvalue weighted by Crippen LogP contribution is 2.22. The topological polar surface area (TPSA) is 73.6 Å². The van der Waals surface area contributed by atoms with Crippen molar-refractivity contribution < 1.29 is 19.4 Å². The third kappa shape index (κ3) is 13.2. The lowest BCUT2D eigenvalue weighted by Crippen LogP contribution is -2.11. The van der Waals surface area contributed by atoms with Gasteiger partial charge in [-0.3, -0.25) is 0 Å². The summed E-state index contributed by atoms with van der Waals surface area (Å²) in [6.07, 6.45) is 10.9. The molecule has 0 unspecified atom stereocenters. The molecule has 2 aromatic rings. The fourth-order valence-electron chi connectivity index (χ4n) is 2.05. The van der Waals surface area contributed by atoms with E-state index in [4.69, 9.17) is 15.9 Å². The Morgan fingerprint density at radius 2 is 1.28 bits per heavy atom. The smallest absolute Gasteiger partial charge is 0.419 e. The van der Waals surface area contributed by atoms with Crippen LogP contribution in [-0.2, 0) is 11.3 Å². The second-order valence-corrected chi connectivity index (χ2v) is 6.08. The predicted molar refractivity (Wildman–Crippen MR) is 143 cm³/mol. The number of benzene rings is 1. The van der Waals surface area contributed by atoms with Gasteiger partial charge in [-0.05, 0) is 65.1 Å². The van der Waals surface area contributed by atoms with E-state index in [2.05, 4.69) is 129 Å². The third-order valence-corrected chi connectivity index (χ3v) is 3.45. The summed E-state index contributed by atoms with van der Waals surface area (Å²) in [6, 6.07) is 4.33. The standard InChI is InChI=1S/C33H10N2O4/c1-2-3-4-5-6-7-8-9-10-11-12-13-14-15-16-17-18-19-20-21-24-38-32-26-30(25-31(36)27-32)28-39-33(37)35-23-22-34-29-35/h1,22-23,25-27,29,36H,28H2. The van der Waals surface area contributed by atoms with Crippen molar-refractivity contribution in [1.29, 1.82) is 0 Å². The fraction of sp³-hybridized carbons (Fsp3) is 0.0303. The largest absolute Gasteiger partial charge is 0.508 e. The van der Waals surface area contributed by atoms with Crippen LogP contribution in [0.25, 0.3) is 0 Å². The molecule has 0 bridgehead atoms. The van der Waals surface area contributed by atoms with E-state index in [9.17, 15) is 9.90 Å². The number of terminal acetylenes is 1. The molecule has 0 saturated carbocycles. The molecule has 0 fully saturated rings. The van der Waals surface area contributed by atoms with E-state index >= 15 is 0 Å². The summed E-state index contributed by atoms with van der Waals surface area (Å²) in [4.78, 5) is 15.6. The van der Waals surface area contributed by atoms with Crippen LogP contribution in [0.3, 0.4) is 0 Å². The number of aromatic hydroxyl groups is 1. The Morgan fingerprint density at radius 3 is 1.77 bits per heavy atom. The number of phenolic OH excluding ortho intramolecular Hbond substituents is 1. The van der Waals surface area contributed by atoms with E-state index in [1.807, 2.05) is 0 Å². The Labute approximate surface area is 226 Å². The summed E-state index contributed by atoms with van der Waals surface area (Å²) in [7, 11) is 0. The van der Waals surface area contributed by atoms with Crippen LogP contribution in [-0.4, -0.2) is 20.8 Å². The van der Waals surface area contributed by atoms with Crippen molar-refractivity contribution in [2.75, 3.05) is 0 Å². The molecular formula is C33H10N2O4. The molecule has 0 amide bonds. The molecule has 1 aromatic heterocycles. The lowest BCUT2D eigenvalue weighted by atomic mass is 10.2. The zero-order chi connectivity index (χ0) is 27.8. The van der Waals surface area contributed by atoms with Gasteiger partial charge in [-0.15, -0.1) is 6.42 Å². The second kappa shape index (κ2) is 18.0. The Balaban J connectivity index is 1.79. The van der Waals surface area contributed by atoms with E-state index in [0.29, 0.717) is 5.56 Å². The van der Waals surface area contributed by atoms with Crippen LogP contribution in [0.15, 0.2) is 36.9 Å². The number of carbonyl (C=O) groups excluding carboxylic acids is 1. The molecule has 1 aromatic carbocycles. The van der Waals surface area contributed by atoms with Crippen LogP contribution >= 0.6 is 0 Å². The molecular weight excluding hydrogens is 488 g/mol. The maximum atomic E-state index is 11.8. The minimum absolute atomic E-state index is 0.0835. The van der Waals surface area contributed by atoms with Gasteiger partial charge in [0, 0.05) is 89.5 Å². The van der Waals surface area contributed by atoms with Crippen molar-refractivity contribution in [3.63, 3.8) is 0 Å². The molecule has 6 heteroatoms. The number of hydrogen-bond donors (Lipinski definition) is 1. The number of ether oxygens (including phenoxy) is 2. The molecule has 1 N–H and O–H groups in total. The predicted octanol–water partition coefficient (Wildman–Crippen LogP) is 1.78. The molecule has 6 nitrogen and oxygen atoms in total. The van der Waals surface area contributed by atoms with Gasteiger partial charge < -0.3 is 14.6 Å². The first kappa shape index (κ1) is 27.9. The van der Waals surface area contributed by atoms with Crippen molar-refractivity contribution in [1.82, 2.24) is 9.55 Å². The number of carbonyl (C=O) groups is 1. The molecule has 0 aliphatic rings. The summed E-state index contributed by atoms with van der Waals surface area (Å²) in [6.45, 7) is -0.0897. The lowest BCUT2D eigenvalue weighted by Gasteiger charge is -2.07. The highest BCUT2D eigenvalue weighted by molar-refractivity contribution is 5.70. The van der Waals surface area contributed by atoms with Gasteiger partial charge >= 0.3 is 6.09 Å². The number of nitrogens with zero attached hydrogens (tertiary/aromatic N) is 2. The van der Waals surface area contributed by atoms with Gasteiger partial charge in [0.1, 0.15) is 30.5 Å². The van der Waals surface area contributed by atoms with Gasteiger partial charge in [0.25, 0.3) is 0 Å². The number of hydrogen-bond acceptors (Lipinski definition) is 5. The van der Waals surface area contributed by atoms with Gasteiger partial charge in [-0.25, -0.2) is 14.3 Å². The summed E-state index contributed by atoms with van der Waals surface area (Å²) >= 11 is 0. The van der Waals surface area contributed by atoms with Crippen LogP contribution in [0.2, 0.25) is 0 Å². The van der Waals surface area contributed by atoms with Crippen LogP contribution in [0, 0.1) is 131 Å². The lowest BCUT2D eigenvalue weighted by molar-refractivity contribution is 0.141. The molecule has 0 aliphatic carbocycles. The van der Waals surface area contributed by atoms with Crippen molar-refractivity contribution in [2.24, 2.45) is 0 Å². The van der Waals surface area contributed by atoms with Gasteiger partial charge in [0.05, 0.1) is 0 Å². The number of aromatic nitrogens is 2. The van der Waals surface area contributed by atoms with Crippen molar-refractivity contribution in [3.8, 4) is 142 Å². The number of rotatable bonds is 3. The van der Waals surface area contributed by atoms with E-state index in [-0.39, 0.29) is 18.1 Å². The van der Waals surface area contributed by atoms with E-state index in [0.717, 1.165) is 0 Å². The molecule has 0 saturated heterocycles. The van der Waals surface area contributed by atoms with Crippen LogP contribution < -0.4 is 4.74 Å². The molecule has 39 heavy (non-hydrogen) atoms. The SMILES string of the molecule is C#CC#CC#CC#CC#CC#CC#CC#CC#CC#CC#COc1cc(O)cc(COC(=O)n2ccnc2)c1. The first-order valence-corrected chi connectivity index (χ1v) is 10.3. The highest BCUT2D eigenvalue weighted by Gasteiger charge is 2.07. The van der Waals surface area contributed by atoms with E-state index < -0.39 is 6.09 Å². The van der Waals surface area contributed by atoms with E-state index in [1.165, 1.54) is 35.4 Å². The monoisotopic (exact) mass is 498 g/mol. The first-order chi connectivity index (χ1) is 19.2. The highest BCUT2D eigenvalue weighted by atomic mass is 16.5. The van der Waals surface area contributed by atoms with Gasteiger partial charge in [-0.2, -0.15) is 0 Å². The zero-order valence-corrected chi connectivity index (χ0v) is 19.8. The maximum Gasteiger partial charge on any atom is 0.419 e. The second-order valence-electron chi connectivity index (χ2n) is 6.08. The average molecular weight is 498 g/mol. The van der Waals surface area contributed by atoms with Gasteiger partial charge in [0.2, 0.25) is 0 Å². The van der Waals surface area contributed by atoms with Crippen LogP contribution in [0.1, 0.15) is 5.56 Å². The summed E-state index contributed by atoms with van der Waals surface area (Å²) in [5.41, 5.74) is 0.497. The normalized spacial score (nSPS) is 6.74. The van der Waals surface area contributed by atoms with Crippen molar-refractivity contribution in [3.05, 3.63) is 42.5 Å². The Morgan fingerprint density at radius 1 is 0.769 bits per heavy atom. The minimum atomic E-state index is -0.612. The summed E-state index contributed by atoms with van der Waals surface area (Å²) < 4.78 is 11.5. The molecule has 176 valence electrons. The fourth-order valence-corrected chi connectivity index (χ4v) is 2.05.